The van der Waals surface area contributed by atoms with Gasteiger partial charge in [-0.2, -0.15) is 0 Å². The lowest BCUT2D eigenvalue weighted by atomic mass is 9.80. The van der Waals surface area contributed by atoms with Crippen molar-refractivity contribution in [2.24, 2.45) is 5.92 Å². The van der Waals surface area contributed by atoms with Crippen LogP contribution in [0.25, 0.3) is 0 Å². The fourth-order valence-electron chi connectivity index (χ4n) is 2.91. The Balaban J connectivity index is 1.95. The summed E-state index contributed by atoms with van der Waals surface area (Å²) in [6.07, 6.45) is 3.91. The van der Waals surface area contributed by atoms with Crippen molar-refractivity contribution < 1.29 is 5.11 Å². The zero-order valence-electron chi connectivity index (χ0n) is 8.24. The number of fused-ring (bicyclic) bond motifs is 2. The number of hydrogen-bond acceptors (Lipinski definition) is 2. The second-order valence-electron chi connectivity index (χ2n) is 4.54. The molecule has 2 saturated heterocycles. The first-order valence-corrected chi connectivity index (χ1v) is 5.38. The number of nitrogens with zero attached hydrogens (tertiary/aromatic N) is 1. The molecule has 2 N–H and O–H groups in total. The first-order valence-electron chi connectivity index (χ1n) is 5.38. The number of rotatable bonds is 1. The van der Waals surface area contributed by atoms with Crippen LogP contribution in [-0.4, -0.2) is 34.6 Å². The summed E-state index contributed by atoms with van der Waals surface area (Å²) in [7, 11) is 0. The second-order valence-corrected chi connectivity index (χ2v) is 4.54. The number of aliphatic hydroxyl groups is 1. The molecule has 0 radical (unpaired) electrons. The summed E-state index contributed by atoms with van der Waals surface area (Å²) >= 11 is 0. The summed E-state index contributed by atoms with van der Waals surface area (Å²) in [5, 5.41) is 10.7. The van der Waals surface area contributed by atoms with Crippen molar-refractivity contribution >= 4 is 0 Å². The minimum Gasteiger partial charge on any atom is -0.383 e. The summed E-state index contributed by atoms with van der Waals surface area (Å²) in [6.45, 7) is 3.26. The highest BCUT2D eigenvalue weighted by atomic mass is 16.3. The average Bonchev–Trinajstić information content (AvgIpc) is 2.84. The van der Waals surface area contributed by atoms with Crippen LogP contribution in [0.15, 0.2) is 18.3 Å². The number of hydrogen-bond donors (Lipinski definition) is 2. The van der Waals surface area contributed by atoms with Gasteiger partial charge in [-0.25, -0.2) is 0 Å². The van der Waals surface area contributed by atoms with Gasteiger partial charge in [-0.1, -0.05) is 0 Å². The van der Waals surface area contributed by atoms with Crippen LogP contribution < -0.4 is 0 Å². The van der Waals surface area contributed by atoms with Gasteiger partial charge in [0.1, 0.15) is 5.60 Å². The van der Waals surface area contributed by atoms with Crippen LogP contribution >= 0.6 is 0 Å². The molecule has 3 unspecified atom stereocenters. The maximum atomic E-state index is 10.7. The SMILES string of the molecule is OC1(c2ccc[nH]2)CCN2CCC1C2. The third kappa shape index (κ3) is 1.06. The minimum absolute atomic E-state index is 0.426. The summed E-state index contributed by atoms with van der Waals surface area (Å²) in [4.78, 5) is 5.61. The largest absolute Gasteiger partial charge is 0.383 e. The predicted octanol–water partition coefficient (Wildman–Crippen LogP) is 0.928. The monoisotopic (exact) mass is 192 g/mol. The Morgan fingerprint density at radius 3 is 3.21 bits per heavy atom. The molecule has 2 bridgehead atoms. The van der Waals surface area contributed by atoms with E-state index in [1.165, 1.54) is 0 Å². The number of piperidine rings is 1. The van der Waals surface area contributed by atoms with Crippen molar-refractivity contribution in [2.45, 2.75) is 18.4 Å². The molecule has 3 rings (SSSR count). The van der Waals surface area contributed by atoms with Crippen LogP contribution in [0, 0.1) is 5.92 Å². The summed E-state index contributed by atoms with van der Waals surface area (Å²) in [6, 6.07) is 3.97. The number of H-pyrrole nitrogens is 1. The van der Waals surface area contributed by atoms with Gasteiger partial charge in [-0.15, -0.1) is 0 Å². The zero-order chi connectivity index (χ0) is 9.60. The Morgan fingerprint density at radius 1 is 1.50 bits per heavy atom. The van der Waals surface area contributed by atoms with E-state index in [9.17, 15) is 5.11 Å². The van der Waals surface area contributed by atoms with Crippen LogP contribution in [0.5, 0.6) is 0 Å². The van der Waals surface area contributed by atoms with Crippen LogP contribution in [0.4, 0.5) is 0 Å². The van der Waals surface area contributed by atoms with Gasteiger partial charge in [0.05, 0.1) is 0 Å². The normalized spacial score (nSPS) is 41.5. The van der Waals surface area contributed by atoms with Gasteiger partial charge in [0.15, 0.2) is 0 Å². The summed E-state index contributed by atoms with van der Waals surface area (Å²) in [5.41, 5.74) is 0.417. The zero-order valence-corrected chi connectivity index (χ0v) is 8.24. The van der Waals surface area contributed by atoms with Crippen molar-refractivity contribution in [2.75, 3.05) is 19.6 Å². The molecule has 0 saturated carbocycles. The fourth-order valence-corrected chi connectivity index (χ4v) is 2.91. The van der Waals surface area contributed by atoms with Gasteiger partial charge in [0, 0.05) is 30.9 Å². The van der Waals surface area contributed by atoms with Gasteiger partial charge in [0.25, 0.3) is 0 Å². The van der Waals surface area contributed by atoms with Gasteiger partial charge in [-0.05, 0) is 31.5 Å². The number of nitrogens with one attached hydrogen (secondary N) is 1. The minimum atomic E-state index is -0.587. The molecular weight excluding hydrogens is 176 g/mol. The van der Waals surface area contributed by atoms with Crippen molar-refractivity contribution in [3.8, 4) is 0 Å². The highest BCUT2D eigenvalue weighted by molar-refractivity contribution is 5.17. The van der Waals surface area contributed by atoms with Gasteiger partial charge in [0.2, 0.25) is 0 Å². The van der Waals surface area contributed by atoms with Crippen LogP contribution in [0.3, 0.4) is 0 Å². The van der Waals surface area contributed by atoms with E-state index < -0.39 is 5.60 Å². The van der Waals surface area contributed by atoms with Crippen molar-refractivity contribution in [3.05, 3.63) is 24.0 Å². The quantitative estimate of drug-likeness (QED) is 0.694. The van der Waals surface area contributed by atoms with Crippen LogP contribution in [0.1, 0.15) is 18.5 Å². The third-order valence-electron chi connectivity index (χ3n) is 3.82. The molecule has 2 aliphatic rings. The Kier molecular flexibility index (Phi) is 1.73. The molecule has 1 aromatic rings. The second kappa shape index (κ2) is 2.84. The van der Waals surface area contributed by atoms with Crippen LogP contribution in [-0.2, 0) is 5.60 Å². The van der Waals surface area contributed by atoms with Crippen molar-refractivity contribution in [1.29, 1.82) is 0 Å². The molecule has 3 nitrogen and oxygen atoms in total. The molecule has 0 spiro atoms. The van der Waals surface area contributed by atoms with E-state index in [2.05, 4.69) is 9.88 Å². The first-order chi connectivity index (χ1) is 6.79. The molecule has 1 aromatic heterocycles. The Bertz CT molecular complexity index is 322. The molecule has 3 heteroatoms. The van der Waals surface area contributed by atoms with E-state index in [1.54, 1.807) is 0 Å². The molecule has 3 atom stereocenters. The molecule has 0 amide bonds. The molecular formula is C11H16N2O. The fraction of sp³-hybridized carbons (Fsp3) is 0.636. The molecule has 14 heavy (non-hydrogen) atoms. The van der Waals surface area contributed by atoms with E-state index in [0.717, 1.165) is 38.2 Å². The highest BCUT2D eigenvalue weighted by Gasteiger charge is 2.46. The van der Waals surface area contributed by atoms with Gasteiger partial charge < -0.3 is 15.0 Å². The van der Waals surface area contributed by atoms with Gasteiger partial charge in [-0.3, -0.25) is 0 Å². The highest BCUT2D eigenvalue weighted by Crippen LogP contribution is 2.41. The van der Waals surface area contributed by atoms with Crippen molar-refractivity contribution in [1.82, 2.24) is 9.88 Å². The van der Waals surface area contributed by atoms with E-state index in [-0.39, 0.29) is 0 Å². The Morgan fingerprint density at radius 2 is 2.43 bits per heavy atom. The lowest BCUT2D eigenvalue weighted by molar-refractivity contribution is -0.0533. The first kappa shape index (κ1) is 8.50. The summed E-state index contributed by atoms with van der Waals surface area (Å²) in [5.74, 6) is 0.426. The molecule has 0 aromatic carbocycles. The van der Waals surface area contributed by atoms with E-state index in [1.807, 2.05) is 18.3 Å². The molecule has 0 aliphatic carbocycles. The lowest BCUT2D eigenvalue weighted by Gasteiger charge is -2.38. The van der Waals surface area contributed by atoms with E-state index >= 15 is 0 Å². The Labute approximate surface area is 83.7 Å². The smallest absolute Gasteiger partial charge is 0.110 e. The van der Waals surface area contributed by atoms with E-state index in [4.69, 9.17) is 0 Å². The van der Waals surface area contributed by atoms with Crippen LogP contribution in [0.2, 0.25) is 0 Å². The maximum absolute atomic E-state index is 10.7. The number of aromatic nitrogens is 1. The predicted molar refractivity (Wildman–Crippen MR) is 53.9 cm³/mol. The van der Waals surface area contributed by atoms with E-state index in [0.29, 0.717) is 5.92 Å². The van der Waals surface area contributed by atoms with Gasteiger partial charge >= 0.3 is 0 Å². The third-order valence-corrected chi connectivity index (χ3v) is 3.82. The average molecular weight is 192 g/mol. The van der Waals surface area contributed by atoms with Crippen molar-refractivity contribution in [3.63, 3.8) is 0 Å². The molecule has 76 valence electrons. The standard InChI is InChI=1S/C11H16N2O/c14-11(10-2-1-5-12-10)4-7-13-6-3-9(11)8-13/h1-2,5,9,12,14H,3-4,6-8H2. The molecule has 3 heterocycles. The maximum Gasteiger partial charge on any atom is 0.110 e. The number of aromatic amines is 1. The molecule has 2 fully saturated rings. The topological polar surface area (TPSA) is 39.3 Å². The summed E-state index contributed by atoms with van der Waals surface area (Å²) < 4.78 is 0. The Hall–Kier alpha value is -0.800. The lowest BCUT2D eigenvalue weighted by Crippen LogP contribution is -2.44. The molecule has 2 aliphatic heterocycles.